The number of halogens is 3. The predicted molar refractivity (Wildman–Crippen MR) is 152 cm³/mol. The van der Waals surface area contributed by atoms with Crippen LogP contribution in [0.4, 0.5) is 30.5 Å². The van der Waals surface area contributed by atoms with Gasteiger partial charge in [0.2, 0.25) is 5.95 Å². The van der Waals surface area contributed by atoms with E-state index in [9.17, 15) is 18.0 Å². The number of aryl methyl sites for hydroxylation is 2. The van der Waals surface area contributed by atoms with E-state index in [1.807, 2.05) is 26.8 Å². The normalized spacial score (nSPS) is 10.9. The van der Waals surface area contributed by atoms with Crippen LogP contribution in [0.3, 0.4) is 0 Å². The number of aromatic nitrogens is 5. The van der Waals surface area contributed by atoms with Gasteiger partial charge in [-0.15, -0.1) is 0 Å². The van der Waals surface area contributed by atoms with Crippen LogP contribution in [-0.4, -0.2) is 30.4 Å². The van der Waals surface area contributed by atoms with Crippen molar-refractivity contribution in [1.82, 2.24) is 24.5 Å². The lowest BCUT2D eigenvalue weighted by Gasteiger charge is -2.14. The number of hydrogen-bond acceptors (Lipinski definition) is 6. The lowest BCUT2D eigenvalue weighted by atomic mass is 10.1. The van der Waals surface area contributed by atoms with Gasteiger partial charge in [0, 0.05) is 53.0 Å². The predicted octanol–water partition coefficient (Wildman–Crippen LogP) is 7.38. The number of pyridine rings is 1. The average Bonchev–Trinajstić information content (AvgIpc) is 3.41. The van der Waals surface area contributed by atoms with E-state index in [4.69, 9.17) is 0 Å². The summed E-state index contributed by atoms with van der Waals surface area (Å²) in [5, 5.41) is 5.71. The number of amides is 1. The molecule has 3 aromatic heterocycles. The second kappa shape index (κ2) is 12.4. The van der Waals surface area contributed by atoms with Crippen LogP contribution in [0.15, 0.2) is 85.7 Å². The van der Waals surface area contributed by atoms with Gasteiger partial charge < -0.3 is 15.2 Å². The van der Waals surface area contributed by atoms with Crippen LogP contribution in [0.2, 0.25) is 0 Å². The highest BCUT2D eigenvalue weighted by Gasteiger charge is 2.31. The lowest BCUT2D eigenvalue weighted by Crippen LogP contribution is -2.14. The maximum absolute atomic E-state index is 13.6. The van der Waals surface area contributed by atoms with Crippen molar-refractivity contribution in [3.05, 3.63) is 108 Å². The molecule has 41 heavy (non-hydrogen) atoms. The standard InChI is InChI=1S/C28H22F3N7O.C2H6/c1-17-5-6-19(10-25(17)37-27-33-9-7-24(36-27)20-4-3-8-32-14-20)26(39)35-22-11-21(28(29,30)31)12-23(13-22)38-15-18(2)34-16-38;1-2/h3-16H,1-2H3,(H,35,39)(H,33,36,37);1-2H3. The first-order valence-electron chi connectivity index (χ1n) is 12.8. The Labute approximate surface area is 235 Å². The number of alkyl halides is 3. The van der Waals surface area contributed by atoms with Crippen LogP contribution < -0.4 is 10.6 Å². The van der Waals surface area contributed by atoms with E-state index in [0.717, 1.165) is 23.3 Å². The van der Waals surface area contributed by atoms with Gasteiger partial charge in [-0.05, 0) is 67.9 Å². The number of carbonyl (C=O) groups is 1. The minimum atomic E-state index is -4.60. The van der Waals surface area contributed by atoms with Crippen molar-refractivity contribution in [1.29, 1.82) is 0 Å². The number of imidazole rings is 1. The van der Waals surface area contributed by atoms with Crippen LogP contribution in [0.5, 0.6) is 0 Å². The third-order valence-electron chi connectivity index (χ3n) is 5.87. The van der Waals surface area contributed by atoms with Gasteiger partial charge in [0.1, 0.15) is 0 Å². The van der Waals surface area contributed by atoms with Gasteiger partial charge in [-0.3, -0.25) is 9.78 Å². The Morgan fingerprint density at radius 3 is 2.44 bits per heavy atom. The van der Waals surface area contributed by atoms with Gasteiger partial charge in [0.25, 0.3) is 5.91 Å². The molecule has 1 amide bonds. The average molecular weight is 560 g/mol. The summed E-state index contributed by atoms with van der Waals surface area (Å²) in [5.74, 6) is -0.259. The van der Waals surface area contributed by atoms with Crippen LogP contribution in [0.25, 0.3) is 16.9 Å². The third kappa shape index (κ3) is 7.13. The minimum Gasteiger partial charge on any atom is -0.324 e. The largest absolute Gasteiger partial charge is 0.416 e. The number of hydrogen-bond donors (Lipinski definition) is 2. The van der Waals surface area contributed by atoms with Crippen molar-refractivity contribution in [3.8, 4) is 16.9 Å². The SMILES string of the molecule is CC.Cc1cn(-c2cc(NC(=O)c3ccc(C)c(Nc4nccc(-c5cccnc5)n4)c3)cc(C(F)(F)F)c2)cn1. The summed E-state index contributed by atoms with van der Waals surface area (Å²) >= 11 is 0. The highest BCUT2D eigenvalue weighted by molar-refractivity contribution is 6.05. The quantitative estimate of drug-likeness (QED) is 0.225. The zero-order chi connectivity index (χ0) is 29.6. The Morgan fingerprint density at radius 2 is 1.76 bits per heavy atom. The molecule has 0 saturated carbocycles. The summed E-state index contributed by atoms with van der Waals surface area (Å²) in [6, 6.07) is 13.7. The second-order valence-electron chi connectivity index (χ2n) is 8.80. The van der Waals surface area contributed by atoms with Crippen molar-refractivity contribution < 1.29 is 18.0 Å². The van der Waals surface area contributed by atoms with Gasteiger partial charge >= 0.3 is 6.18 Å². The Morgan fingerprint density at radius 1 is 0.951 bits per heavy atom. The fourth-order valence-corrected chi connectivity index (χ4v) is 3.87. The minimum absolute atomic E-state index is 0.00114. The summed E-state index contributed by atoms with van der Waals surface area (Å²) in [6.07, 6.45) is 3.38. The molecule has 0 atom stereocenters. The first-order valence-corrected chi connectivity index (χ1v) is 12.8. The Balaban J connectivity index is 0.00000189. The molecule has 0 bridgehead atoms. The highest BCUT2D eigenvalue weighted by atomic mass is 19.4. The van der Waals surface area contributed by atoms with E-state index in [1.165, 1.54) is 17.0 Å². The number of rotatable bonds is 6. The van der Waals surface area contributed by atoms with E-state index in [-0.39, 0.29) is 16.9 Å². The molecule has 2 N–H and O–H groups in total. The Hall–Kier alpha value is -5.06. The molecular weight excluding hydrogens is 531 g/mol. The third-order valence-corrected chi connectivity index (χ3v) is 5.87. The zero-order valence-corrected chi connectivity index (χ0v) is 22.9. The number of nitrogens with one attached hydrogen (secondary N) is 2. The van der Waals surface area contributed by atoms with Crippen LogP contribution in [0.1, 0.15) is 41.0 Å². The van der Waals surface area contributed by atoms with E-state index < -0.39 is 17.6 Å². The number of nitrogens with zero attached hydrogens (tertiary/aromatic N) is 5. The fourth-order valence-electron chi connectivity index (χ4n) is 3.87. The summed E-state index contributed by atoms with van der Waals surface area (Å²) in [7, 11) is 0. The van der Waals surface area contributed by atoms with Crippen LogP contribution >= 0.6 is 0 Å². The van der Waals surface area contributed by atoms with E-state index in [1.54, 1.807) is 62.0 Å². The summed E-state index contributed by atoms with van der Waals surface area (Å²) < 4.78 is 42.3. The lowest BCUT2D eigenvalue weighted by molar-refractivity contribution is -0.137. The molecule has 0 spiro atoms. The molecule has 0 radical (unpaired) electrons. The van der Waals surface area contributed by atoms with E-state index in [0.29, 0.717) is 23.0 Å². The molecule has 2 aromatic carbocycles. The zero-order valence-electron chi connectivity index (χ0n) is 22.9. The molecule has 0 aliphatic heterocycles. The Kier molecular flexibility index (Phi) is 8.76. The molecule has 0 fully saturated rings. The van der Waals surface area contributed by atoms with Gasteiger partial charge in [-0.25, -0.2) is 15.0 Å². The Bertz CT molecular complexity index is 1650. The van der Waals surface area contributed by atoms with Crippen LogP contribution in [0, 0.1) is 13.8 Å². The van der Waals surface area contributed by atoms with Crippen molar-refractivity contribution in [3.63, 3.8) is 0 Å². The topological polar surface area (TPSA) is 97.6 Å². The second-order valence-corrected chi connectivity index (χ2v) is 8.80. The smallest absolute Gasteiger partial charge is 0.324 e. The van der Waals surface area contributed by atoms with Gasteiger partial charge in [0.15, 0.2) is 0 Å². The summed E-state index contributed by atoms with van der Waals surface area (Å²) in [5.41, 5.74) is 3.09. The van der Waals surface area contributed by atoms with Crippen molar-refractivity contribution in [2.75, 3.05) is 10.6 Å². The van der Waals surface area contributed by atoms with Crippen LogP contribution in [-0.2, 0) is 6.18 Å². The van der Waals surface area contributed by atoms with Crippen molar-refractivity contribution >= 4 is 23.2 Å². The highest BCUT2D eigenvalue weighted by Crippen LogP contribution is 2.33. The molecule has 0 aliphatic rings. The molecule has 0 saturated heterocycles. The molecule has 8 nitrogen and oxygen atoms in total. The molecule has 5 rings (SSSR count). The maximum Gasteiger partial charge on any atom is 0.416 e. The molecule has 0 unspecified atom stereocenters. The van der Waals surface area contributed by atoms with E-state index >= 15 is 0 Å². The molecule has 210 valence electrons. The monoisotopic (exact) mass is 559 g/mol. The van der Waals surface area contributed by atoms with Crippen molar-refractivity contribution in [2.45, 2.75) is 33.9 Å². The van der Waals surface area contributed by atoms with Gasteiger partial charge in [0.05, 0.1) is 23.3 Å². The summed E-state index contributed by atoms with van der Waals surface area (Å²) in [4.78, 5) is 30.1. The van der Waals surface area contributed by atoms with Gasteiger partial charge in [-0.2, -0.15) is 13.2 Å². The number of benzene rings is 2. The molecule has 3 heterocycles. The van der Waals surface area contributed by atoms with E-state index in [2.05, 4.69) is 30.6 Å². The number of carbonyl (C=O) groups excluding carboxylic acids is 1. The first kappa shape index (κ1) is 28.9. The molecule has 5 aromatic rings. The van der Waals surface area contributed by atoms with Crippen molar-refractivity contribution in [2.24, 2.45) is 0 Å². The first-order chi connectivity index (χ1) is 19.7. The number of anilines is 3. The molecule has 11 heteroatoms. The maximum atomic E-state index is 13.6. The van der Waals surface area contributed by atoms with Gasteiger partial charge in [-0.1, -0.05) is 19.9 Å². The molecule has 0 aliphatic carbocycles. The molecular formula is C30H28F3N7O. The fraction of sp³-hybridized carbons (Fsp3) is 0.167. The summed E-state index contributed by atoms with van der Waals surface area (Å²) in [6.45, 7) is 7.58.